The molecule has 0 spiro atoms. The van der Waals surface area contributed by atoms with Crippen LogP contribution in [0.3, 0.4) is 0 Å². The molecule has 1 heterocycles. The van der Waals surface area contributed by atoms with Crippen LogP contribution in [0.15, 0.2) is 39.8 Å². The lowest BCUT2D eigenvalue weighted by atomic mass is 9.58. The molecule has 0 unspecified atom stereocenters. The summed E-state index contributed by atoms with van der Waals surface area (Å²) in [5.41, 5.74) is 1.30. The second-order valence-electron chi connectivity index (χ2n) is 9.33. The van der Waals surface area contributed by atoms with Crippen molar-refractivity contribution in [3.8, 4) is 0 Å². The summed E-state index contributed by atoms with van der Waals surface area (Å²) in [5.74, 6) is 1.44. The standard InChI is InChI=1S/C23H29N3O4S/c1-14-7-11-16(12-8-14)31(28,29)26(2)22-18-6-4-3-5-17(18)21(22)24-23(27)19-13-20(30-25-19)15-9-10-15/h7-8,11-13,15,17-18,21-22H,3-6,9-10H2,1-2H3,(H,24,27)/t17-,18+,21-,22-/m1/s1. The summed E-state index contributed by atoms with van der Waals surface area (Å²) in [6.45, 7) is 1.93. The molecular formula is C23H29N3O4S. The first kappa shape index (κ1) is 20.7. The molecule has 1 amide bonds. The summed E-state index contributed by atoms with van der Waals surface area (Å²) in [5, 5.41) is 7.05. The van der Waals surface area contributed by atoms with Crippen LogP contribution < -0.4 is 5.32 Å². The number of aromatic nitrogens is 1. The third kappa shape index (κ3) is 3.69. The topological polar surface area (TPSA) is 92.5 Å². The number of aryl methyl sites for hydroxylation is 1. The Hall–Kier alpha value is -2.19. The number of carbonyl (C=O) groups is 1. The van der Waals surface area contributed by atoms with Crippen LogP contribution in [0.2, 0.25) is 0 Å². The first-order chi connectivity index (χ1) is 14.9. The number of likely N-dealkylation sites (N-methyl/N-ethyl adjacent to an activating group) is 1. The molecule has 0 aliphatic heterocycles. The van der Waals surface area contributed by atoms with E-state index in [1.807, 2.05) is 19.1 Å². The fourth-order valence-electron chi connectivity index (χ4n) is 5.34. The molecule has 166 valence electrons. The molecule has 1 N–H and O–H groups in total. The fraction of sp³-hybridized carbons (Fsp3) is 0.565. The normalized spacial score (nSPS) is 28.1. The molecule has 3 saturated carbocycles. The SMILES string of the molecule is Cc1ccc(S(=O)(=O)N(C)[C@@H]2[C@H]3CCCC[C@H]3[C@H]2NC(=O)c2cc(C3CC3)on2)cc1. The number of carbonyl (C=O) groups excluding carboxylic acids is 1. The Morgan fingerprint density at radius 2 is 1.77 bits per heavy atom. The van der Waals surface area contributed by atoms with Crippen molar-refractivity contribution in [1.82, 2.24) is 14.8 Å². The quantitative estimate of drug-likeness (QED) is 0.738. The van der Waals surface area contributed by atoms with E-state index in [2.05, 4.69) is 10.5 Å². The number of amides is 1. The van der Waals surface area contributed by atoms with Crippen LogP contribution >= 0.6 is 0 Å². The van der Waals surface area contributed by atoms with Gasteiger partial charge in [0, 0.05) is 31.1 Å². The summed E-state index contributed by atoms with van der Waals surface area (Å²) in [7, 11) is -2.01. The summed E-state index contributed by atoms with van der Waals surface area (Å²) in [6, 6.07) is 8.19. The van der Waals surface area contributed by atoms with Gasteiger partial charge in [0.15, 0.2) is 5.69 Å². The average Bonchev–Trinajstić information content (AvgIpc) is 3.49. The van der Waals surface area contributed by atoms with Crippen molar-refractivity contribution < 1.29 is 17.7 Å². The van der Waals surface area contributed by atoms with Crippen molar-refractivity contribution in [2.24, 2.45) is 11.8 Å². The van der Waals surface area contributed by atoms with Crippen molar-refractivity contribution in [1.29, 1.82) is 0 Å². The van der Waals surface area contributed by atoms with Gasteiger partial charge in [-0.25, -0.2) is 8.42 Å². The van der Waals surface area contributed by atoms with E-state index in [1.54, 1.807) is 25.2 Å². The first-order valence-electron chi connectivity index (χ1n) is 11.2. The molecule has 4 atom stereocenters. The highest BCUT2D eigenvalue weighted by molar-refractivity contribution is 7.89. The van der Waals surface area contributed by atoms with Crippen LogP contribution in [-0.2, 0) is 10.0 Å². The molecule has 8 heteroatoms. The minimum Gasteiger partial charge on any atom is -0.360 e. The third-order valence-electron chi connectivity index (χ3n) is 7.30. The van der Waals surface area contributed by atoms with Gasteiger partial charge in [-0.1, -0.05) is 35.7 Å². The molecule has 1 aromatic heterocycles. The highest BCUT2D eigenvalue weighted by Crippen LogP contribution is 2.48. The Morgan fingerprint density at radius 1 is 1.10 bits per heavy atom. The van der Waals surface area contributed by atoms with Crippen molar-refractivity contribution in [2.45, 2.75) is 68.3 Å². The average molecular weight is 444 g/mol. The monoisotopic (exact) mass is 443 g/mol. The lowest BCUT2D eigenvalue weighted by Gasteiger charge is -2.57. The first-order valence-corrected chi connectivity index (χ1v) is 12.6. The number of hydrogen-bond donors (Lipinski definition) is 1. The Bertz CT molecular complexity index is 1070. The zero-order chi connectivity index (χ0) is 21.8. The molecular weight excluding hydrogens is 414 g/mol. The second kappa shape index (κ2) is 7.74. The molecule has 0 saturated heterocycles. The second-order valence-corrected chi connectivity index (χ2v) is 11.3. The Morgan fingerprint density at radius 3 is 2.45 bits per heavy atom. The zero-order valence-electron chi connectivity index (χ0n) is 18.0. The van der Waals surface area contributed by atoms with E-state index in [1.165, 1.54) is 4.31 Å². The maximum absolute atomic E-state index is 13.3. The Kier molecular flexibility index (Phi) is 5.17. The van der Waals surface area contributed by atoms with Gasteiger partial charge in [0.1, 0.15) is 5.76 Å². The van der Waals surface area contributed by atoms with Crippen LogP contribution in [0.1, 0.15) is 66.3 Å². The van der Waals surface area contributed by atoms with Crippen LogP contribution in [0.5, 0.6) is 0 Å². The number of sulfonamides is 1. The predicted octanol–water partition coefficient (Wildman–Crippen LogP) is 3.47. The number of fused-ring (bicyclic) bond motifs is 1. The minimum absolute atomic E-state index is 0.218. The van der Waals surface area contributed by atoms with Crippen LogP contribution in [0, 0.1) is 18.8 Å². The van der Waals surface area contributed by atoms with E-state index in [9.17, 15) is 13.2 Å². The van der Waals surface area contributed by atoms with Gasteiger partial charge in [-0.15, -0.1) is 0 Å². The van der Waals surface area contributed by atoms with Gasteiger partial charge in [0.2, 0.25) is 10.0 Å². The van der Waals surface area contributed by atoms with Crippen molar-refractivity contribution in [3.63, 3.8) is 0 Å². The van der Waals surface area contributed by atoms with E-state index in [0.29, 0.717) is 11.8 Å². The number of benzene rings is 1. The van der Waals surface area contributed by atoms with Gasteiger partial charge in [0.25, 0.3) is 5.91 Å². The maximum Gasteiger partial charge on any atom is 0.273 e. The molecule has 7 nitrogen and oxygen atoms in total. The lowest BCUT2D eigenvalue weighted by Crippen LogP contribution is -2.69. The van der Waals surface area contributed by atoms with Crippen LogP contribution in [0.25, 0.3) is 0 Å². The molecule has 5 rings (SSSR count). The highest BCUT2D eigenvalue weighted by Gasteiger charge is 2.55. The van der Waals surface area contributed by atoms with E-state index in [0.717, 1.165) is 49.8 Å². The van der Waals surface area contributed by atoms with Gasteiger partial charge in [0.05, 0.1) is 4.90 Å². The van der Waals surface area contributed by atoms with Crippen LogP contribution in [0.4, 0.5) is 0 Å². The van der Waals surface area contributed by atoms with Crippen molar-refractivity contribution in [3.05, 3.63) is 47.3 Å². The van der Waals surface area contributed by atoms with E-state index < -0.39 is 10.0 Å². The molecule has 3 fully saturated rings. The van der Waals surface area contributed by atoms with E-state index in [4.69, 9.17) is 4.52 Å². The van der Waals surface area contributed by atoms with Crippen molar-refractivity contribution in [2.75, 3.05) is 7.05 Å². The molecule has 1 aromatic carbocycles. The maximum atomic E-state index is 13.3. The summed E-state index contributed by atoms with van der Waals surface area (Å²) < 4.78 is 33.5. The van der Waals surface area contributed by atoms with Gasteiger partial charge < -0.3 is 9.84 Å². The zero-order valence-corrected chi connectivity index (χ0v) is 18.8. The Balaban J connectivity index is 1.37. The highest BCUT2D eigenvalue weighted by atomic mass is 32.2. The number of rotatable bonds is 6. The minimum atomic E-state index is -3.65. The third-order valence-corrected chi connectivity index (χ3v) is 9.17. The molecule has 2 aromatic rings. The largest absolute Gasteiger partial charge is 0.360 e. The molecule has 0 bridgehead atoms. The molecule has 31 heavy (non-hydrogen) atoms. The van der Waals surface area contributed by atoms with Gasteiger partial charge in [-0.3, -0.25) is 4.79 Å². The number of nitrogens with one attached hydrogen (secondary N) is 1. The van der Waals surface area contributed by atoms with Gasteiger partial charge in [-0.2, -0.15) is 4.31 Å². The Labute approximate surface area is 183 Å². The summed E-state index contributed by atoms with van der Waals surface area (Å²) in [4.78, 5) is 13.2. The van der Waals surface area contributed by atoms with Crippen LogP contribution in [-0.4, -0.2) is 42.9 Å². The summed E-state index contributed by atoms with van der Waals surface area (Å²) in [6.07, 6.45) is 6.37. The van der Waals surface area contributed by atoms with Gasteiger partial charge >= 0.3 is 0 Å². The van der Waals surface area contributed by atoms with E-state index in [-0.39, 0.29) is 34.5 Å². The number of nitrogens with zero attached hydrogens (tertiary/aromatic N) is 2. The predicted molar refractivity (Wildman–Crippen MR) is 115 cm³/mol. The lowest BCUT2D eigenvalue weighted by molar-refractivity contribution is -0.0178. The molecule has 3 aliphatic rings. The van der Waals surface area contributed by atoms with Crippen molar-refractivity contribution >= 4 is 15.9 Å². The molecule has 3 aliphatic carbocycles. The summed E-state index contributed by atoms with van der Waals surface area (Å²) >= 11 is 0. The fourth-order valence-corrected chi connectivity index (χ4v) is 6.76. The smallest absolute Gasteiger partial charge is 0.273 e. The number of hydrogen-bond acceptors (Lipinski definition) is 5. The van der Waals surface area contributed by atoms with Gasteiger partial charge in [-0.05, 0) is 56.6 Å². The molecule has 0 radical (unpaired) electrons. The van der Waals surface area contributed by atoms with E-state index >= 15 is 0 Å².